The van der Waals surface area contributed by atoms with E-state index in [0.29, 0.717) is 5.56 Å². The SMILES string of the molecule is Cn1cc(C(O)C2C(=O)NC2SC(c2ccccc2)(c2ccccc2)c2ccccc2)cn1. The molecule has 2 N–H and O–H groups in total. The summed E-state index contributed by atoms with van der Waals surface area (Å²) in [5, 5.41) is 18.0. The van der Waals surface area contributed by atoms with E-state index < -0.39 is 16.8 Å². The minimum atomic E-state index is -0.926. The summed E-state index contributed by atoms with van der Waals surface area (Å²) in [4.78, 5) is 12.6. The van der Waals surface area contributed by atoms with Crippen molar-refractivity contribution in [3.63, 3.8) is 0 Å². The Balaban J connectivity index is 1.61. The van der Waals surface area contributed by atoms with Gasteiger partial charge in [0.1, 0.15) is 0 Å². The van der Waals surface area contributed by atoms with E-state index in [0.717, 1.165) is 16.7 Å². The Morgan fingerprint density at radius 1 is 0.909 bits per heavy atom. The Bertz CT molecular complexity index is 1130. The molecule has 0 radical (unpaired) electrons. The van der Waals surface area contributed by atoms with Crippen LogP contribution in [0.5, 0.6) is 0 Å². The number of carbonyl (C=O) groups excluding carboxylic acids is 1. The molecular formula is C27H25N3O2S. The monoisotopic (exact) mass is 455 g/mol. The molecule has 1 aliphatic rings. The highest BCUT2D eigenvalue weighted by Crippen LogP contribution is 2.53. The van der Waals surface area contributed by atoms with Crippen molar-refractivity contribution in [2.45, 2.75) is 16.2 Å². The zero-order valence-corrected chi connectivity index (χ0v) is 19.0. The summed E-state index contributed by atoms with van der Waals surface area (Å²) >= 11 is 1.66. The highest BCUT2D eigenvalue weighted by Gasteiger charge is 2.50. The number of hydrogen-bond donors (Lipinski definition) is 2. The Morgan fingerprint density at radius 2 is 1.39 bits per heavy atom. The fraction of sp³-hybridized carbons (Fsp3) is 0.185. The molecular weight excluding hydrogens is 430 g/mol. The molecule has 0 saturated carbocycles. The average Bonchev–Trinajstić information content (AvgIpc) is 3.30. The molecule has 3 unspecified atom stereocenters. The number of β-lactam (4-membered cyclic amide) rings is 1. The zero-order valence-electron chi connectivity index (χ0n) is 18.2. The maximum Gasteiger partial charge on any atom is 0.229 e. The summed E-state index contributed by atoms with van der Waals surface area (Å²) in [5.74, 6) is -0.721. The van der Waals surface area contributed by atoms with Crippen LogP contribution in [0.3, 0.4) is 0 Å². The molecule has 1 fully saturated rings. The highest BCUT2D eigenvalue weighted by atomic mass is 32.2. The number of amides is 1. The third-order valence-corrected chi connectivity index (χ3v) is 7.89. The number of rotatable bonds is 7. The first-order chi connectivity index (χ1) is 16.1. The maximum absolute atomic E-state index is 12.6. The number of hydrogen-bond acceptors (Lipinski definition) is 4. The van der Waals surface area contributed by atoms with Gasteiger partial charge in [-0.2, -0.15) is 5.10 Å². The number of nitrogens with zero attached hydrogens (tertiary/aromatic N) is 2. The van der Waals surface area contributed by atoms with Crippen molar-refractivity contribution in [2.75, 3.05) is 0 Å². The fourth-order valence-electron chi connectivity index (χ4n) is 4.49. The standard InChI is InChI=1S/C27H25N3O2S/c1-30-18-19(17-28-30)24(31)23-25(32)29-26(23)33-27(20-11-5-2-6-12-20,21-13-7-3-8-14-21)22-15-9-4-10-16-22/h2-18,23-24,26,31H,1H3,(H,29,32). The predicted octanol–water partition coefficient (Wildman–Crippen LogP) is 4.25. The molecule has 0 spiro atoms. The van der Waals surface area contributed by atoms with E-state index in [4.69, 9.17) is 0 Å². The van der Waals surface area contributed by atoms with Crippen LogP contribution in [0.25, 0.3) is 0 Å². The van der Waals surface area contributed by atoms with Crippen molar-refractivity contribution in [2.24, 2.45) is 13.0 Å². The first-order valence-corrected chi connectivity index (χ1v) is 11.8. The summed E-state index contributed by atoms with van der Waals surface area (Å²) in [6, 6.07) is 31.0. The second-order valence-electron chi connectivity index (χ2n) is 8.24. The molecule has 5 rings (SSSR count). The van der Waals surface area contributed by atoms with E-state index in [1.165, 1.54) is 0 Å². The summed E-state index contributed by atoms with van der Waals surface area (Å²) in [6.07, 6.45) is 2.46. The smallest absolute Gasteiger partial charge is 0.229 e. The predicted molar refractivity (Wildman–Crippen MR) is 130 cm³/mol. The van der Waals surface area contributed by atoms with Crippen LogP contribution >= 0.6 is 11.8 Å². The van der Waals surface area contributed by atoms with Crippen molar-refractivity contribution < 1.29 is 9.90 Å². The lowest BCUT2D eigenvalue weighted by Crippen LogP contribution is -2.59. The van der Waals surface area contributed by atoms with Gasteiger partial charge >= 0.3 is 0 Å². The van der Waals surface area contributed by atoms with Crippen molar-refractivity contribution in [1.29, 1.82) is 0 Å². The molecule has 4 aromatic rings. The third kappa shape index (κ3) is 3.86. The second kappa shape index (κ2) is 8.89. The molecule has 3 aromatic carbocycles. The van der Waals surface area contributed by atoms with Crippen LogP contribution in [-0.4, -0.2) is 26.2 Å². The first-order valence-electron chi connectivity index (χ1n) is 10.9. The van der Waals surface area contributed by atoms with Gasteiger partial charge in [0, 0.05) is 18.8 Å². The van der Waals surface area contributed by atoms with Gasteiger partial charge in [-0.3, -0.25) is 9.48 Å². The topological polar surface area (TPSA) is 67.2 Å². The number of aromatic nitrogens is 2. The molecule has 1 aromatic heterocycles. The first kappa shape index (κ1) is 21.5. The van der Waals surface area contributed by atoms with Crippen LogP contribution < -0.4 is 5.32 Å². The lowest BCUT2D eigenvalue weighted by molar-refractivity contribution is -0.137. The van der Waals surface area contributed by atoms with E-state index in [-0.39, 0.29) is 11.3 Å². The van der Waals surface area contributed by atoms with Gasteiger partial charge in [0.05, 0.1) is 28.3 Å². The van der Waals surface area contributed by atoms with Crippen molar-refractivity contribution in [3.05, 3.63) is 126 Å². The quantitative estimate of drug-likeness (QED) is 0.323. The van der Waals surface area contributed by atoms with Gasteiger partial charge in [-0.05, 0) is 16.7 Å². The Kier molecular flexibility index (Phi) is 5.79. The van der Waals surface area contributed by atoms with E-state index >= 15 is 0 Å². The number of aliphatic hydroxyl groups is 1. The van der Waals surface area contributed by atoms with Crippen LogP contribution in [0.2, 0.25) is 0 Å². The van der Waals surface area contributed by atoms with Crippen LogP contribution in [-0.2, 0) is 16.6 Å². The molecule has 1 amide bonds. The van der Waals surface area contributed by atoms with Crippen molar-refractivity contribution >= 4 is 17.7 Å². The minimum Gasteiger partial charge on any atom is -0.387 e. The van der Waals surface area contributed by atoms with Gasteiger partial charge in [0.15, 0.2) is 0 Å². The molecule has 5 nitrogen and oxygen atoms in total. The normalized spacial score (nSPS) is 18.9. The van der Waals surface area contributed by atoms with Gasteiger partial charge in [-0.15, -0.1) is 11.8 Å². The van der Waals surface area contributed by atoms with Crippen LogP contribution in [0, 0.1) is 5.92 Å². The average molecular weight is 456 g/mol. The Hall–Kier alpha value is -3.35. The molecule has 33 heavy (non-hydrogen) atoms. The van der Waals surface area contributed by atoms with Crippen LogP contribution in [0.15, 0.2) is 103 Å². The van der Waals surface area contributed by atoms with Gasteiger partial charge in [0.25, 0.3) is 0 Å². The summed E-state index contributed by atoms with van der Waals surface area (Å²) in [7, 11) is 1.80. The zero-order chi connectivity index (χ0) is 22.8. The molecule has 2 heterocycles. The minimum absolute atomic E-state index is 0.146. The molecule has 0 bridgehead atoms. The second-order valence-corrected chi connectivity index (χ2v) is 9.60. The fourth-order valence-corrected chi connectivity index (χ4v) is 6.28. The maximum atomic E-state index is 12.6. The van der Waals surface area contributed by atoms with Crippen LogP contribution in [0.4, 0.5) is 0 Å². The number of carbonyl (C=O) groups is 1. The highest BCUT2D eigenvalue weighted by molar-refractivity contribution is 8.01. The van der Waals surface area contributed by atoms with Gasteiger partial charge < -0.3 is 10.4 Å². The summed E-state index contributed by atoms with van der Waals surface area (Å²) < 4.78 is 1.06. The Labute approximate surface area is 197 Å². The number of aliphatic hydroxyl groups excluding tert-OH is 1. The van der Waals surface area contributed by atoms with E-state index in [9.17, 15) is 9.90 Å². The largest absolute Gasteiger partial charge is 0.387 e. The molecule has 0 aliphatic carbocycles. The van der Waals surface area contributed by atoms with E-state index in [1.54, 1.807) is 35.9 Å². The number of thioether (sulfide) groups is 1. The molecule has 1 aliphatic heterocycles. The third-order valence-electron chi connectivity index (χ3n) is 6.16. The van der Waals surface area contributed by atoms with E-state index in [2.05, 4.69) is 46.8 Å². The van der Waals surface area contributed by atoms with E-state index in [1.807, 2.05) is 54.6 Å². The number of benzene rings is 3. The molecule has 166 valence electrons. The lowest BCUT2D eigenvalue weighted by Gasteiger charge is -2.45. The summed E-state index contributed by atoms with van der Waals surface area (Å²) in [6.45, 7) is 0. The Morgan fingerprint density at radius 3 is 1.79 bits per heavy atom. The number of nitrogens with one attached hydrogen (secondary N) is 1. The van der Waals surface area contributed by atoms with Gasteiger partial charge in [-0.1, -0.05) is 91.0 Å². The van der Waals surface area contributed by atoms with Gasteiger partial charge in [0.2, 0.25) is 5.91 Å². The van der Waals surface area contributed by atoms with Gasteiger partial charge in [-0.25, -0.2) is 0 Å². The van der Waals surface area contributed by atoms with Crippen LogP contribution in [0.1, 0.15) is 28.4 Å². The molecule has 1 saturated heterocycles. The molecule has 3 atom stereocenters. The van der Waals surface area contributed by atoms with Crippen molar-refractivity contribution in [3.8, 4) is 0 Å². The number of aryl methyl sites for hydroxylation is 1. The molecule has 6 heteroatoms. The van der Waals surface area contributed by atoms with Crippen molar-refractivity contribution in [1.82, 2.24) is 15.1 Å². The lowest BCUT2D eigenvalue weighted by atomic mass is 9.84. The summed E-state index contributed by atoms with van der Waals surface area (Å²) in [5.41, 5.74) is 3.99.